The van der Waals surface area contributed by atoms with E-state index in [-0.39, 0.29) is 82.0 Å². The molecule has 7 nitrogen and oxygen atoms in total. The van der Waals surface area contributed by atoms with Crippen LogP contribution in [0.1, 0.15) is 55.2 Å². The second-order valence-corrected chi connectivity index (χ2v) is 14.2. The monoisotopic (exact) mass is 690 g/mol. The van der Waals surface area contributed by atoms with Gasteiger partial charge in [-0.25, -0.2) is 4.39 Å². The molecule has 254 valence electrons. The predicted molar refractivity (Wildman–Crippen MR) is 172 cm³/mol. The number of ether oxygens (including phenoxy) is 1. The number of rotatable bonds is 4. The molecule has 5 aliphatic heterocycles. The Morgan fingerprint density at radius 1 is 1.21 bits per heavy atom. The van der Waals surface area contributed by atoms with Gasteiger partial charge in [-0.05, 0) is 75.3 Å². The normalized spacial score (nSPS) is 26.7. The molecule has 8 rings (SSSR count). The van der Waals surface area contributed by atoms with Gasteiger partial charge in [0.25, 0.3) is 6.08 Å². The Balaban J connectivity index is 1.35. The molecule has 6 heterocycles. The quantitative estimate of drug-likeness (QED) is 0.217. The summed E-state index contributed by atoms with van der Waals surface area (Å²) in [7, 11) is 0. The molecule has 4 saturated heterocycles. The highest BCUT2D eigenvalue weighted by atomic mass is 35.5. The van der Waals surface area contributed by atoms with Crippen LogP contribution in [0.3, 0.4) is 0 Å². The molecular weight excluding hydrogens is 658 g/mol. The van der Waals surface area contributed by atoms with Crippen LogP contribution in [0.4, 0.5) is 37.8 Å². The summed E-state index contributed by atoms with van der Waals surface area (Å²) in [5.74, 6) is -0.708. The number of nitrogens with one attached hydrogen (secondary N) is 1. The van der Waals surface area contributed by atoms with Crippen LogP contribution in [0.15, 0.2) is 30.4 Å². The number of hydrogen-bond acceptors (Lipinski definition) is 7. The first kappa shape index (κ1) is 31.7. The molecule has 3 aromatic rings. The summed E-state index contributed by atoms with van der Waals surface area (Å²) in [5.41, 5.74) is 3.74. The smallest absolute Gasteiger partial charge is 0.417 e. The van der Waals surface area contributed by atoms with Crippen LogP contribution >= 0.6 is 11.6 Å². The maximum Gasteiger partial charge on any atom is 0.417 e. The van der Waals surface area contributed by atoms with Crippen molar-refractivity contribution in [3.8, 4) is 17.1 Å². The standard InChI is InChI=1S/C34H33ClF6N6O/c1-15-9-22-21-5-4-19(43-21)13-47(22)31-25-23(15)27(35)24(20-10-18(42)8-16(2)26(20)34(39,40)41)28(36)29(25)44-32(45-31)48-14-33-6-3-7-46(33)12-17(11-33)30(37)38/h8,10,19,21-22,43H,1,3-7,9,11-14,42H2,2H3/t19-,21+,22-,33+/m1/s1. The molecule has 0 aliphatic carbocycles. The number of hydrogen-bond donors (Lipinski definition) is 2. The molecule has 0 spiro atoms. The fourth-order valence-electron chi connectivity index (χ4n) is 8.90. The van der Waals surface area contributed by atoms with Gasteiger partial charge in [-0.3, -0.25) is 4.90 Å². The summed E-state index contributed by atoms with van der Waals surface area (Å²) >= 11 is 6.99. The molecule has 0 saturated carbocycles. The number of nitrogens with two attached hydrogens (primary N) is 1. The van der Waals surface area contributed by atoms with Gasteiger partial charge in [0.1, 0.15) is 17.9 Å². The van der Waals surface area contributed by atoms with E-state index in [0.717, 1.165) is 25.3 Å². The number of anilines is 2. The molecule has 48 heavy (non-hydrogen) atoms. The number of alkyl halides is 3. The van der Waals surface area contributed by atoms with Crippen molar-refractivity contribution < 1.29 is 31.1 Å². The number of piperazine rings is 1. The van der Waals surface area contributed by atoms with Gasteiger partial charge in [0.2, 0.25) is 0 Å². The number of halogens is 7. The summed E-state index contributed by atoms with van der Waals surface area (Å²) < 4.78 is 94.2. The van der Waals surface area contributed by atoms with Crippen LogP contribution in [0, 0.1) is 12.7 Å². The Morgan fingerprint density at radius 3 is 2.75 bits per heavy atom. The summed E-state index contributed by atoms with van der Waals surface area (Å²) in [6.07, 6.45) is -2.73. The second-order valence-electron chi connectivity index (χ2n) is 13.8. The molecule has 0 amide bonds. The van der Waals surface area contributed by atoms with E-state index in [0.29, 0.717) is 37.3 Å². The first-order valence-corrected chi connectivity index (χ1v) is 16.5. The minimum absolute atomic E-state index is 0.0115. The van der Waals surface area contributed by atoms with Crippen molar-refractivity contribution in [3.63, 3.8) is 0 Å². The van der Waals surface area contributed by atoms with E-state index in [9.17, 15) is 22.0 Å². The minimum Gasteiger partial charge on any atom is -0.461 e. The molecule has 0 unspecified atom stereocenters. The Hall–Kier alpha value is -3.55. The van der Waals surface area contributed by atoms with E-state index in [1.165, 1.54) is 13.0 Å². The highest BCUT2D eigenvalue weighted by molar-refractivity contribution is 6.37. The molecular formula is C34H33ClF6N6O. The first-order valence-electron chi connectivity index (χ1n) is 16.1. The topological polar surface area (TPSA) is 79.5 Å². The number of fused-ring (bicyclic) bond motifs is 6. The summed E-state index contributed by atoms with van der Waals surface area (Å²) in [6.45, 7) is 6.88. The van der Waals surface area contributed by atoms with Gasteiger partial charge in [0.15, 0.2) is 5.82 Å². The Kier molecular flexibility index (Phi) is 7.25. The lowest BCUT2D eigenvalue weighted by Gasteiger charge is -2.41. The lowest BCUT2D eigenvalue weighted by molar-refractivity contribution is -0.137. The second kappa shape index (κ2) is 11.0. The third-order valence-electron chi connectivity index (χ3n) is 10.9. The van der Waals surface area contributed by atoms with Gasteiger partial charge in [0, 0.05) is 59.2 Å². The van der Waals surface area contributed by atoms with Crippen molar-refractivity contribution >= 4 is 39.6 Å². The van der Waals surface area contributed by atoms with Crippen LogP contribution in [-0.4, -0.2) is 64.8 Å². The maximum absolute atomic E-state index is 17.1. The molecule has 2 bridgehead atoms. The fraction of sp³-hybridized carbons (Fsp3) is 0.471. The van der Waals surface area contributed by atoms with Gasteiger partial charge in [-0.1, -0.05) is 18.2 Å². The van der Waals surface area contributed by atoms with E-state index < -0.39 is 40.3 Å². The van der Waals surface area contributed by atoms with Gasteiger partial charge in [-0.2, -0.15) is 31.9 Å². The van der Waals surface area contributed by atoms with Crippen molar-refractivity contribution in [2.75, 3.05) is 36.9 Å². The molecule has 4 atom stereocenters. The number of aryl methyl sites for hydroxylation is 1. The molecule has 1 aromatic heterocycles. The van der Waals surface area contributed by atoms with E-state index in [2.05, 4.69) is 21.8 Å². The Bertz CT molecular complexity index is 1930. The molecule has 5 aliphatic rings. The summed E-state index contributed by atoms with van der Waals surface area (Å²) in [5, 5.41) is 3.66. The van der Waals surface area contributed by atoms with E-state index in [4.69, 9.17) is 27.1 Å². The van der Waals surface area contributed by atoms with Crippen LogP contribution in [0.5, 0.6) is 6.01 Å². The van der Waals surface area contributed by atoms with E-state index in [1.54, 1.807) is 0 Å². The van der Waals surface area contributed by atoms with Gasteiger partial charge < -0.3 is 20.7 Å². The van der Waals surface area contributed by atoms with Crippen molar-refractivity contribution in [2.45, 2.75) is 75.3 Å². The van der Waals surface area contributed by atoms with Crippen molar-refractivity contribution in [1.82, 2.24) is 20.2 Å². The van der Waals surface area contributed by atoms with Crippen LogP contribution in [0.25, 0.3) is 27.6 Å². The summed E-state index contributed by atoms with van der Waals surface area (Å²) in [4.78, 5) is 13.4. The van der Waals surface area contributed by atoms with Crippen LogP contribution in [-0.2, 0) is 6.18 Å². The Labute approximate surface area is 277 Å². The summed E-state index contributed by atoms with van der Waals surface area (Å²) in [6, 6.07) is 2.16. The average Bonchev–Trinajstić information content (AvgIpc) is 3.67. The lowest BCUT2D eigenvalue weighted by Crippen LogP contribution is -2.58. The third-order valence-corrected chi connectivity index (χ3v) is 11.3. The third kappa shape index (κ3) is 4.79. The zero-order chi connectivity index (χ0) is 33.9. The number of aromatic nitrogens is 2. The van der Waals surface area contributed by atoms with E-state index in [1.807, 2.05) is 4.90 Å². The van der Waals surface area contributed by atoms with Crippen LogP contribution < -0.4 is 20.7 Å². The number of benzene rings is 2. The molecule has 0 radical (unpaired) electrons. The largest absolute Gasteiger partial charge is 0.461 e. The van der Waals surface area contributed by atoms with Crippen molar-refractivity contribution in [1.29, 1.82) is 0 Å². The molecule has 4 fully saturated rings. The number of nitrogens with zero attached hydrogens (tertiary/aromatic N) is 4. The van der Waals surface area contributed by atoms with Crippen LogP contribution in [0.2, 0.25) is 5.02 Å². The fourth-order valence-corrected chi connectivity index (χ4v) is 9.31. The zero-order valence-corrected chi connectivity index (χ0v) is 26.8. The van der Waals surface area contributed by atoms with Gasteiger partial charge in [-0.15, -0.1) is 0 Å². The van der Waals surface area contributed by atoms with Gasteiger partial charge in [0.05, 0.1) is 21.5 Å². The average molecular weight is 691 g/mol. The maximum atomic E-state index is 17.1. The SMILES string of the molecule is C=C1C[C@@H]2[C@@H]3CC[C@H](CN2c2nc(OC[C@@]45CCCN4CC(=C(F)F)C5)nc4c(F)c(-c5cc(N)cc(C)c5C(F)(F)F)c(Cl)c1c24)N3. The number of nitrogen functional groups attached to an aromatic ring is 1. The predicted octanol–water partition coefficient (Wildman–Crippen LogP) is 7.49. The van der Waals surface area contributed by atoms with Crippen molar-refractivity contribution in [3.05, 3.63) is 57.9 Å². The van der Waals surface area contributed by atoms with Crippen molar-refractivity contribution in [2.24, 2.45) is 0 Å². The first-order chi connectivity index (χ1) is 22.8. The highest BCUT2D eigenvalue weighted by Crippen LogP contribution is 2.52. The molecule has 2 aromatic carbocycles. The molecule has 3 N–H and O–H groups in total. The Morgan fingerprint density at radius 2 is 2.00 bits per heavy atom. The zero-order valence-electron chi connectivity index (χ0n) is 26.1. The minimum atomic E-state index is -4.85. The molecule has 14 heteroatoms. The highest BCUT2D eigenvalue weighted by Gasteiger charge is 2.49. The van der Waals surface area contributed by atoms with E-state index >= 15 is 4.39 Å². The van der Waals surface area contributed by atoms with Gasteiger partial charge >= 0.3 is 12.2 Å². The lowest BCUT2D eigenvalue weighted by atomic mass is 9.89.